The fourth-order valence-electron chi connectivity index (χ4n) is 2.99. The summed E-state index contributed by atoms with van der Waals surface area (Å²) in [7, 11) is 0. The third-order valence-electron chi connectivity index (χ3n) is 3.93. The van der Waals surface area contributed by atoms with Crippen molar-refractivity contribution in [1.29, 1.82) is 0 Å². The largest absolute Gasteiger partial charge is 0.315 e. The highest BCUT2D eigenvalue weighted by atomic mass is 15.2. The molecule has 2 aliphatic rings. The third kappa shape index (κ3) is 2.00. The maximum atomic E-state index is 3.47. The number of hydrogen-bond donors (Lipinski definition) is 1. The van der Waals surface area contributed by atoms with E-state index in [-0.39, 0.29) is 0 Å². The molecule has 0 amide bonds. The number of fused-ring (bicyclic) bond motifs is 1. The standard InChI is InChI=1S/C14H20N2/c1-2-5-13-11-16(14-7-8-15-10-14)9-3-6-12(13)4-1/h1-2,4-5,14-15H,3,6-11H2. The van der Waals surface area contributed by atoms with E-state index < -0.39 is 0 Å². The Balaban J connectivity index is 1.79. The van der Waals surface area contributed by atoms with Crippen LogP contribution in [0.5, 0.6) is 0 Å². The lowest BCUT2D eigenvalue weighted by molar-refractivity contribution is 0.202. The average molecular weight is 216 g/mol. The lowest BCUT2D eigenvalue weighted by Crippen LogP contribution is -2.36. The molecule has 2 heterocycles. The van der Waals surface area contributed by atoms with Crippen LogP contribution in [-0.4, -0.2) is 30.6 Å². The van der Waals surface area contributed by atoms with Crippen LogP contribution in [0.15, 0.2) is 24.3 Å². The van der Waals surface area contributed by atoms with Crippen molar-refractivity contribution in [3.05, 3.63) is 35.4 Å². The molecule has 1 unspecified atom stereocenters. The van der Waals surface area contributed by atoms with Crippen molar-refractivity contribution >= 4 is 0 Å². The molecular formula is C14H20N2. The lowest BCUT2D eigenvalue weighted by Gasteiger charge is -2.26. The lowest BCUT2D eigenvalue weighted by atomic mass is 10.0. The number of nitrogens with zero attached hydrogens (tertiary/aromatic N) is 1. The first-order valence-corrected chi connectivity index (χ1v) is 6.45. The normalized spacial score (nSPS) is 26.4. The summed E-state index contributed by atoms with van der Waals surface area (Å²) in [5.74, 6) is 0. The Hall–Kier alpha value is -0.860. The van der Waals surface area contributed by atoms with E-state index in [4.69, 9.17) is 0 Å². The number of aryl methyl sites for hydroxylation is 1. The van der Waals surface area contributed by atoms with Gasteiger partial charge in [0.15, 0.2) is 0 Å². The summed E-state index contributed by atoms with van der Waals surface area (Å²) in [4.78, 5) is 2.67. The molecule has 2 nitrogen and oxygen atoms in total. The molecule has 1 N–H and O–H groups in total. The van der Waals surface area contributed by atoms with E-state index in [1.54, 1.807) is 11.1 Å². The molecule has 0 radical (unpaired) electrons. The van der Waals surface area contributed by atoms with Gasteiger partial charge >= 0.3 is 0 Å². The fraction of sp³-hybridized carbons (Fsp3) is 0.571. The first kappa shape index (κ1) is 10.3. The van der Waals surface area contributed by atoms with Gasteiger partial charge in [0.1, 0.15) is 0 Å². The second kappa shape index (κ2) is 4.56. The van der Waals surface area contributed by atoms with E-state index >= 15 is 0 Å². The second-order valence-electron chi connectivity index (χ2n) is 4.99. The van der Waals surface area contributed by atoms with Gasteiger partial charge in [0, 0.05) is 19.1 Å². The molecule has 1 fully saturated rings. The number of nitrogens with one attached hydrogen (secondary N) is 1. The first-order valence-electron chi connectivity index (χ1n) is 6.45. The summed E-state index contributed by atoms with van der Waals surface area (Å²) < 4.78 is 0. The van der Waals surface area contributed by atoms with Crippen LogP contribution in [0.3, 0.4) is 0 Å². The Bertz CT molecular complexity index is 356. The van der Waals surface area contributed by atoms with Gasteiger partial charge in [-0.2, -0.15) is 0 Å². The van der Waals surface area contributed by atoms with Crippen LogP contribution < -0.4 is 5.32 Å². The molecule has 0 aliphatic carbocycles. The van der Waals surface area contributed by atoms with E-state index in [1.807, 2.05) is 0 Å². The minimum atomic E-state index is 0.770. The van der Waals surface area contributed by atoms with E-state index in [9.17, 15) is 0 Å². The second-order valence-corrected chi connectivity index (χ2v) is 4.99. The summed E-state index contributed by atoms with van der Waals surface area (Å²) in [5.41, 5.74) is 3.11. The van der Waals surface area contributed by atoms with Crippen LogP contribution in [0.2, 0.25) is 0 Å². The molecule has 2 aliphatic heterocycles. The van der Waals surface area contributed by atoms with Crippen molar-refractivity contribution in [1.82, 2.24) is 10.2 Å². The quantitative estimate of drug-likeness (QED) is 0.770. The fourth-order valence-corrected chi connectivity index (χ4v) is 2.99. The highest BCUT2D eigenvalue weighted by molar-refractivity contribution is 5.28. The minimum absolute atomic E-state index is 0.770. The van der Waals surface area contributed by atoms with Crippen molar-refractivity contribution in [3.63, 3.8) is 0 Å². The maximum absolute atomic E-state index is 3.47. The molecule has 0 spiro atoms. The van der Waals surface area contributed by atoms with Gasteiger partial charge in [-0.15, -0.1) is 0 Å². The molecule has 1 saturated heterocycles. The van der Waals surface area contributed by atoms with Crippen LogP contribution in [0.4, 0.5) is 0 Å². The molecule has 2 heteroatoms. The van der Waals surface area contributed by atoms with Crippen molar-refractivity contribution < 1.29 is 0 Å². The number of hydrogen-bond acceptors (Lipinski definition) is 2. The number of benzene rings is 1. The highest BCUT2D eigenvalue weighted by Gasteiger charge is 2.24. The van der Waals surface area contributed by atoms with Gasteiger partial charge in [0.2, 0.25) is 0 Å². The molecule has 0 bridgehead atoms. The SMILES string of the molecule is c1ccc2c(c1)CCCN(C1CCNC1)C2. The maximum Gasteiger partial charge on any atom is 0.0239 e. The van der Waals surface area contributed by atoms with Crippen LogP contribution in [0, 0.1) is 0 Å². The molecule has 3 rings (SSSR count). The summed E-state index contributed by atoms with van der Waals surface area (Å²) in [6.45, 7) is 4.80. The predicted molar refractivity (Wildman–Crippen MR) is 66.4 cm³/mol. The van der Waals surface area contributed by atoms with Gasteiger partial charge in [-0.25, -0.2) is 0 Å². The van der Waals surface area contributed by atoms with Crippen LogP contribution in [-0.2, 0) is 13.0 Å². The van der Waals surface area contributed by atoms with Gasteiger partial charge < -0.3 is 5.32 Å². The Labute approximate surface area is 97.6 Å². The smallest absolute Gasteiger partial charge is 0.0239 e. The molecule has 16 heavy (non-hydrogen) atoms. The topological polar surface area (TPSA) is 15.3 Å². The van der Waals surface area contributed by atoms with E-state index in [0.29, 0.717) is 0 Å². The average Bonchev–Trinajstić information content (AvgIpc) is 2.75. The molecule has 0 saturated carbocycles. The van der Waals surface area contributed by atoms with Gasteiger partial charge in [-0.05, 0) is 43.5 Å². The highest BCUT2D eigenvalue weighted by Crippen LogP contribution is 2.21. The Morgan fingerprint density at radius 3 is 2.88 bits per heavy atom. The van der Waals surface area contributed by atoms with Crippen LogP contribution in [0.1, 0.15) is 24.0 Å². The van der Waals surface area contributed by atoms with Crippen molar-refractivity contribution in [2.45, 2.75) is 31.8 Å². The Kier molecular flexibility index (Phi) is 2.94. The van der Waals surface area contributed by atoms with Crippen LogP contribution >= 0.6 is 0 Å². The minimum Gasteiger partial charge on any atom is -0.315 e. The monoisotopic (exact) mass is 216 g/mol. The summed E-state index contributed by atoms with van der Waals surface area (Å²) in [6, 6.07) is 9.72. The third-order valence-corrected chi connectivity index (χ3v) is 3.93. The van der Waals surface area contributed by atoms with Gasteiger partial charge in [-0.1, -0.05) is 24.3 Å². The zero-order valence-electron chi connectivity index (χ0n) is 9.78. The van der Waals surface area contributed by atoms with Crippen molar-refractivity contribution in [2.24, 2.45) is 0 Å². The first-order chi connectivity index (χ1) is 7.93. The van der Waals surface area contributed by atoms with Crippen LogP contribution in [0.25, 0.3) is 0 Å². The van der Waals surface area contributed by atoms with E-state index in [1.165, 1.54) is 38.9 Å². The van der Waals surface area contributed by atoms with Gasteiger partial charge in [0.05, 0.1) is 0 Å². The molecule has 86 valence electrons. The van der Waals surface area contributed by atoms with Gasteiger partial charge in [0.25, 0.3) is 0 Å². The Morgan fingerprint density at radius 2 is 2.06 bits per heavy atom. The zero-order valence-corrected chi connectivity index (χ0v) is 9.78. The van der Waals surface area contributed by atoms with E-state index in [2.05, 4.69) is 34.5 Å². The van der Waals surface area contributed by atoms with Crippen molar-refractivity contribution in [3.8, 4) is 0 Å². The van der Waals surface area contributed by atoms with Crippen molar-refractivity contribution in [2.75, 3.05) is 19.6 Å². The van der Waals surface area contributed by atoms with E-state index in [0.717, 1.165) is 12.6 Å². The summed E-state index contributed by atoms with van der Waals surface area (Å²) in [6.07, 6.45) is 3.89. The van der Waals surface area contributed by atoms with Gasteiger partial charge in [-0.3, -0.25) is 4.90 Å². The predicted octanol–water partition coefficient (Wildman–Crippen LogP) is 1.80. The molecule has 1 aromatic rings. The molecule has 0 aromatic heterocycles. The molecule has 1 aromatic carbocycles. The Morgan fingerprint density at radius 1 is 1.19 bits per heavy atom. The summed E-state index contributed by atoms with van der Waals surface area (Å²) in [5, 5.41) is 3.47. The molecular weight excluding hydrogens is 196 g/mol. The summed E-state index contributed by atoms with van der Waals surface area (Å²) >= 11 is 0. The zero-order chi connectivity index (χ0) is 10.8. The molecule has 1 atom stereocenters. The number of rotatable bonds is 1.